The Morgan fingerprint density at radius 1 is 1.04 bits per heavy atom. The zero-order valence-corrected chi connectivity index (χ0v) is 13.1. The maximum Gasteiger partial charge on any atom is 0.192 e. The summed E-state index contributed by atoms with van der Waals surface area (Å²) in [5, 5.41) is 8.14. The molecule has 0 atom stereocenters. The first-order chi connectivity index (χ1) is 11.1. The molecule has 0 amide bonds. The zero-order chi connectivity index (χ0) is 16.0. The third-order valence-electron chi connectivity index (χ3n) is 3.74. The summed E-state index contributed by atoms with van der Waals surface area (Å²) in [6, 6.07) is 11.8. The molecule has 23 heavy (non-hydrogen) atoms. The van der Waals surface area contributed by atoms with Crippen molar-refractivity contribution in [1.82, 2.24) is 25.0 Å². The van der Waals surface area contributed by atoms with Gasteiger partial charge in [-0.25, -0.2) is 9.67 Å². The molecule has 0 aliphatic heterocycles. The van der Waals surface area contributed by atoms with Gasteiger partial charge in [0.25, 0.3) is 0 Å². The lowest BCUT2D eigenvalue weighted by molar-refractivity contribution is 0.534. The number of fused-ring (bicyclic) bond motifs is 1. The van der Waals surface area contributed by atoms with Crippen molar-refractivity contribution in [3.8, 4) is 22.7 Å². The Hall–Kier alpha value is -3.02. The second kappa shape index (κ2) is 5.01. The van der Waals surface area contributed by atoms with Gasteiger partial charge in [-0.2, -0.15) is 0 Å². The molecule has 4 aromatic rings. The molecule has 0 spiro atoms. The third-order valence-corrected chi connectivity index (χ3v) is 3.74. The molecule has 0 radical (unpaired) electrons. The summed E-state index contributed by atoms with van der Waals surface area (Å²) in [7, 11) is 1.87. The van der Waals surface area contributed by atoms with Gasteiger partial charge < -0.3 is 4.42 Å². The molecule has 0 saturated carbocycles. The molecule has 0 unspecified atom stereocenters. The number of benzene rings is 1. The van der Waals surface area contributed by atoms with Gasteiger partial charge in [-0.3, -0.25) is 4.98 Å². The molecular weight excluding hydrogens is 290 g/mol. The number of aryl methyl sites for hydroxylation is 3. The van der Waals surface area contributed by atoms with E-state index in [2.05, 4.69) is 20.3 Å². The van der Waals surface area contributed by atoms with E-state index in [9.17, 15) is 0 Å². The quantitative estimate of drug-likeness (QED) is 0.568. The fraction of sp³-hybridized carbons (Fsp3) is 0.176. The Labute approximate surface area is 132 Å². The maximum absolute atomic E-state index is 5.86. The average Bonchev–Trinajstić information content (AvgIpc) is 3.11. The molecule has 0 bridgehead atoms. The van der Waals surface area contributed by atoms with E-state index in [0.29, 0.717) is 11.7 Å². The van der Waals surface area contributed by atoms with E-state index in [4.69, 9.17) is 4.42 Å². The molecule has 0 aliphatic carbocycles. The van der Waals surface area contributed by atoms with E-state index in [1.807, 2.05) is 57.3 Å². The first-order valence-corrected chi connectivity index (χ1v) is 7.33. The van der Waals surface area contributed by atoms with Gasteiger partial charge in [0.05, 0.1) is 11.2 Å². The summed E-state index contributed by atoms with van der Waals surface area (Å²) in [4.78, 5) is 9.08. The van der Waals surface area contributed by atoms with Gasteiger partial charge in [-0.1, -0.05) is 11.3 Å². The van der Waals surface area contributed by atoms with Crippen molar-refractivity contribution in [1.29, 1.82) is 0 Å². The number of pyridine rings is 1. The highest BCUT2D eigenvalue weighted by Gasteiger charge is 2.17. The second-order valence-electron chi connectivity index (χ2n) is 5.49. The highest BCUT2D eigenvalue weighted by molar-refractivity contribution is 5.84. The lowest BCUT2D eigenvalue weighted by Gasteiger charge is -2.02. The summed E-state index contributed by atoms with van der Waals surface area (Å²) >= 11 is 0. The number of nitrogens with zero attached hydrogens (tertiary/aromatic N) is 5. The largest absolute Gasteiger partial charge is 0.440 e. The van der Waals surface area contributed by atoms with Crippen molar-refractivity contribution in [3.05, 3.63) is 48.0 Å². The van der Waals surface area contributed by atoms with Gasteiger partial charge >= 0.3 is 0 Å². The van der Waals surface area contributed by atoms with Crippen LogP contribution in [0.2, 0.25) is 0 Å². The summed E-state index contributed by atoms with van der Waals surface area (Å²) in [5.74, 6) is 1.32. The normalized spacial score (nSPS) is 11.3. The van der Waals surface area contributed by atoms with Crippen molar-refractivity contribution in [2.24, 2.45) is 7.05 Å². The minimum atomic E-state index is 0.613. The smallest absolute Gasteiger partial charge is 0.192 e. The van der Waals surface area contributed by atoms with E-state index in [1.54, 1.807) is 4.68 Å². The summed E-state index contributed by atoms with van der Waals surface area (Å²) in [6.45, 7) is 3.80. The molecule has 0 fully saturated rings. The predicted molar refractivity (Wildman–Crippen MR) is 86.7 cm³/mol. The van der Waals surface area contributed by atoms with Crippen LogP contribution >= 0.6 is 0 Å². The van der Waals surface area contributed by atoms with Crippen LogP contribution in [0, 0.1) is 13.8 Å². The Morgan fingerprint density at radius 3 is 2.74 bits per heavy atom. The third kappa shape index (κ3) is 2.28. The van der Waals surface area contributed by atoms with Crippen LogP contribution in [-0.2, 0) is 7.05 Å². The van der Waals surface area contributed by atoms with Crippen molar-refractivity contribution in [3.63, 3.8) is 0 Å². The monoisotopic (exact) mass is 305 g/mol. The van der Waals surface area contributed by atoms with Gasteiger partial charge in [-0.05, 0) is 37.3 Å². The molecule has 0 N–H and O–H groups in total. The van der Waals surface area contributed by atoms with Gasteiger partial charge in [0, 0.05) is 25.2 Å². The van der Waals surface area contributed by atoms with Crippen LogP contribution in [-0.4, -0.2) is 25.0 Å². The number of rotatable bonds is 2. The molecule has 114 valence electrons. The minimum Gasteiger partial charge on any atom is -0.440 e. The van der Waals surface area contributed by atoms with Crippen molar-refractivity contribution in [2.75, 3.05) is 0 Å². The lowest BCUT2D eigenvalue weighted by atomic mass is 10.1. The Bertz CT molecular complexity index is 1010. The molecule has 4 rings (SSSR count). The predicted octanol–water partition coefficient (Wildman–Crippen LogP) is 3.30. The van der Waals surface area contributed by atoms with Gasteiger partial charge in [0.2, 0.25) is 0 Å². The van der Waals surface area contributed by atoms with Crippen LogP contribution < -0.4 is 0 Å². The summed E-state index contributed by atoms with van der Waals surface area (Å²) in [6.07, 6.45) is 0. The fourth-order valence-corrected chi connectivity index (χ4v) is 2.64. The standard InChI is InChI=1S/C17H15N5O/c1-10-5-4-6-14(18-10)16-17(23-11(2)19-16)12-7-8-13-15(9-12)22(3)21-20-13/h4-9H,1-3H3. The highest BCUT2D eigenvalue weighted by atomic mass is 16.4. The molecule has 0 aliphatic rings. The van der Waals surface area contributed by atoms with Crippen LogP contribution in [0.15, 0.2) is 40.8 Å². The van der Waals surface area contributed by atoms with Crippen LogP contribution in [0.3, 0.4) is 0 Å². The summed E-state index contributed by atoms with van der Waals surface area (Å²) in [5.41, 5.74) is 5.23. The lowest BCUT2D eigenvalue weighted by Crippen LogP contribution is -1.91. The Balaban J connectivity index is 1.92. The molecule has 3 aromatic heterocycles. The van der Waals surface area contributed by atoms with Gasteiger partial charge in [0.15, 0.2) is 11.7 Å². The Kier molecular flexibility index (Phi) is 2.97. The van der Waals surface area contributed by atoms with E-state index in [1.165, 1.54) is 0 Å². The van der Waals surface area contributed by atoms with E-state index < -0.39 is 0 Å². The molecule has 1 aromatic carbocycles. The van der Waals surface area contributed by atoms with E-state index in [-0.39, 0.29) is 0 Å². The minimum absolute atomic E-state index is 0.613. The first kappa shape index (κ1) is 13.6. The van der Waals surface area contributed by atoms with E-state index >= 15 is 0 Å². The van der Waals surface area contributed by atoms with Crippen LogP contribution in [0.4, 0.5) is 0 Å². The molecule has 0 saturated heterocycles. The number of oxazole rings is 1. The molecule has 6 nitrogen and oxygen atoms in total. The average molecular weight is 305 g/mol. The van der Waals surface area contributed by atoms with Crippen LogP contribution in [0.25, 0.3) is 33.7 Å². The van der Waals surface area contributed by atoms with E-state index in [0.717, 1.165) is 33.7 Å². The van der Waals surface area contributed by atoms with Crippen LogP contribution in [0.1, 0.15) is 11.6 Å². The van der Waals surface area contributed by atoms with Crippen molar-refractivity contribution < 1.29 is 4.42 Å². The first-order valence-electron chi connectivity index (χ1n) is 7.33. The molecule has 3 heterocycles. The fourth-order valence-electron chi connectivity index (χ4n) is 2.64. The highest BCUT2D eigenvalue weighted by Crippen LogP contribution is 2.33. The Morgan fingerprint density at radius 2 is 1.91 bits per heavy atom. The van der Waals surface area contributed by atoms with Gasteiger partial charge in [-0.15, -0.1) is 5.10 Å². The van der Waals surface area contributed by atoms with Crippen molar-refractivity contribution in [2.45, 2.75) is 13.8 Å². The zero-order valence-electron chi connectivity index (χ0n) is 13.1. The second-order valence-corrected chi connectivity index (χ2v) is 5.49. The van der Waals surface area contributed by atoms with Crippen LogP contribution in [0.5, 0.6) is 0 Å². The van der Waals surface area contributed by atoms with Gasteiger partial charge in [0.1, 0.15) is 11.2 Å². The van der Waals surface area contributed by atoms with Crippen molar-refractivity contribution >= 4 is 11.0 Å². The molecule has 6 heteroatoms. The molecular formula is C17H15N5O. The SMILES string of the molecule is Cc1cccc(-c2nc(C)oc2-c2ccc3nnn(C)c3c2)n1. The number of aromatic nitrogens is 5. The maximum atomic E-state index is 5.86. The topological polar surface area (TPSA) is 69.6 Å². The number of hydrogen-bond donors (Lipinski definition) is 0. The number of hydrogen-bond acceptors (Lipinski definition) is 5. The summed E-state index contributed by atoms with van der Waals surface area (Å²) < 4.78 is 7.60.